The Morgan fingerprint density at radius 1 is 1.33 bits per heavy atom. The molecule has 21 heavy (non-hydrogen) atoms. The van der Waals surface area contributed by atoms with Crippen LogP contribution >= 0.6 is 0 Å². The van der Waals surface area contributed by atoms with Crippen LogP contribution in [0.1, 0.15) is 23.2 Å². The third kappa shape index (κ3) is 2.86. The van der Waals surface area contributed by atoms with Gasteiger partial charge in [0.15, 0.2) is 5.43 Å². The summed E-state index contributed by atoms with van der Waals surface area (Å²) in [4.78, 5) is 27.3. The summed E-state index contributed by atoms with van der Waals surface area (Å²) in [7, 11) is 0. The van der Waals surface area contributed by atoms with Crippen LogP contribution in [0, 0.1) is 5.82 Å². The average molecular weight is 286 g/mol. The van der Waals surface area contributed by atoms with Crippen molar-refractivity contribution in [3.63, 3.8) is 0 Å². The molecule has 1 heterocycles. The highest BCUT2D eigenvalue weighted by Crippen LogP contribution is 2.16. The molecule has 1 aromatic carbocycles. The second-order valence-corrected chi connectivity index (χ2v) is 5.19. The van der Waals surface area contributed by atoms with Crippen LogP contribution in [0.4, 0.5) is 10.1 Å². The number of H-pyrrole nitrogens is 1. The summed E-state index contributed by atoms with van der Waals surface area (Å²) in [5, 5.41) is 2.59. The van der Waals surface area contributed by atoms with Gasteiger partial charge in [0.2, 0.25) is 5.91 Å². The van der Waals surface area contributed by atoms with E-state index in [4.69, 9.17) is 0 Å². The Hall–Kier alpha value is -2.43. The van der Waals surface area contributed by atoms with E-state index in [1.165, 1.54) is 18.2 Å². The number of benzene rings is 1. The van der Waals surface area contributed by atoms with E-state index in [9.17, 15) is 14.0 Å². The lowest BCUT2D eigenvalue weighted by Crippen LogP contribution is -2.22. The second-order valence-electron chi connectivity index (χ2n) is 5.19. The van der Waals surface area contributed by atoms with E-state index in [-0.39, 0.29) is 17.8 Å². The number of pyridine rings is 1. The van der Waals surface area contributed by atoms with Gasteiger partial charge in [-0.1, -0.05) is 6.07 Å². The molecule has 0 saturated carbocycles. The van der Waals surface area contributed by atoms with Gasteiger partial charge >= 0.3 is 0 Å². The van der Waals surface area contributed by atoms with Crippen molar-refractivity contribution in [1.82, 2.24) is 4.98 Å². The maximum absolute atomic E-state index is 13.1. The number of aromatic amines is 1. The van der Waals surface area contributed by atoms with Gasteiger partial charge in [-0.2, -0.15) is 0 Å². The van der Waals surface area contributed by atoms with Gasteiger partial charge in [0.25, 0.3) is 0 Å². The minimum absolute atomic E-state index is 0.0148. The normalized spacial score (nSPS) is 13.0. The van der Waals surface area contributed by atoms with Crippen LogP contribution in [0.25, 0.3) is 0 Å². The zero-order chi connectivity index (χ0) is 14.8. The predicted octanol–water partition coefficient (Wildman–Crippen LogP) is 2.18. The quantitative estimate of drug-likeness (QED) is 0.908. The Balaban J connectivity index is 1.75. The summed E-state index contributed by atoms with van der Waals surface area (Å²) in [5.41, 5.74) is 2.57. The number of carbonyl (C=O) groups excluding carboxylic acids is 1. The average Bonchev–Trinajstić information content (AvgIpc) is 2.91. The molecule has 1 aliphatic rings. The molecule has 2 N–H and O–H groups in total. The van der Waals surface area contributed by atoms with Crippen LogP contribution in [-0.4, -0.2) is 10.9 Å². The Labute approximate surface area is 121 Å². The van der Waals surface area contributed by atoms with Crippen molar-refractivity contribution in [2.75, 3.05) is 5.32 Å². The molecular formula is C16H15FN2O2. The van der Waals surface area contributed by atoms with Crippen molar-refractivity contribution < 1.29 is 9.18 Å². The van der Waals surface area contributed by atoms with Crippen LogP contribution in [0.2, 0.25) is 0 Å². The summed E-state index contributed by atoms with van der Waals surface area (Å²) >= 11 is 0. The van der Waals surface area contributed by atoms with Crippen LogP contribution in [-0.2, 0) is 24.1 Å². The highest BCUT2D eigenvalue weighted by atomic mass is 19.1. The second kappa shape index (κ2) is 5.52. The Kier molecular flexibility index (Phi) is 3.56. The van der Waals surface area contributed by atoms with E-state index >= 15 is 0 Å². The van der Waals surface area contributed by atoms with Crippen molar-refractivity contribution in [2.45, 2.75) is 25.7 Å². The molecule has 0 fully saturated rings. The molecule has 4 nitrogen and oxygen atoms in total. The van der Waals surface area contributed by atoms with E-state index in [2.05, 4.69) is 10.3 Å². The summed E-state index contributed by atoms with van der Waals surface area (Å²) in [6, 6.07) is 5.67. The maximum Gasteiger partial charge on any atom is 0.229 e. The molecule has 1 amide bonds. The molecule has 1 aliphatic carbocycles. The van der Waals surface area contributed by atoms with Gasteiger partial charge in [-0.05, 0) is 37.5 Å². The Bertz CT molecular complexity index is 752. The van der Waals surface area contributed by atoms with E-state index in [1.807, 2.05) is 0 Å². The number of aromatic nitrogens is 1. The number of fused-ring (bicyclic) bond motifs is 1. The Morgan fingerprint density at radius 3 is 3.00 bits per heavy atom. The molecule has 1 aromatic heterocycles. The third-order valence-electron chi connectivity index (χ3n) is 3.66. The van der Waals surface area contributed by atoms with Gasteiger partial charge in [0, 0.05) is 28.7 Å². The monoisotopic (exact) mass is 286 g/mol. The first-order valence-corrected chi connectivity index (χ1v) is 6.91. The lowest BCUT2D eigenvalue weighted by molar-refractivity contribution is -0.115. The lowest BCUT2D eigenvalue weighted by Gasteiger charge is -2.06. The van der Waals surface area contributed by atoms with Crippen LogP contribution in [0.15, 0.2) is 35.3 Å². The Morgan fingerprint density at radius 2 is 2.19 bits per heavy atom. The molecule has 2 aromatic rings. The van der Waals surface area contributed by atoms with E-state index in [0.717, 1.165) is 30.5 Å². The minimum atomic E-state index is -0.414. The molecule has 3 rings (SSSR count). The maximum atomic E-state index is 13.1. The summed E-state index contributed by atoms with van der Waals surface area (Å²) in [5.74, 6) is -0.743. The van der Waals surface area contributed by atoms with Gasteiger partial charge in [0.05, 0.1) is 6.42 Å². The number of halogens is 1. The standard InChI is InChI=1S/C16H15FN2O2/c17-11-3-1-4-12(8-11)19-15(20)7-10-9-18-14-6-2-5-13(14)16(10)21/h1,3-4,8-9H,2,5-7H2,(H,18,21)(H,19,20). The third-order valence-corrected chi connectivity index (χ3v) is 3.66. The van der Waals surface area contributed by atoms with Crippen molar-refractivity contribution in [2.24, 2.45) is 0 Å². The van der Waals surface area contributed by atoms with Crippen molar-refractivity contribution >= 4 is 11.6 Å². The topological polar surface area (TPSA) is 62.0 Å². The molecule has 5 heteroatoms. The number of hydrogen-bond acceptors (Lipinski definition) is 2. The van der Waals surface area contributed by atoms with Gasteiger partial charge in [-0.25, -0.2) is 4.39 Å². The smallest absolute Gasteiger partial charge is 0.229 e. The van der Waals surface area contributed by atoms with E-state index < -0.39 is 5.82 Å². The SMILES string of the molecule is O=C(Cc1c[nH]c2c(c1=O)CCC2)Nc1cccc(F)c1. The summed E-state index contributed by atoms with van der Waals surface area (Å²) in [6.07, 6.45) is 4.22. The zero-order valence-corrected chi connectivity index (χ0v) is 11.4. The van der Waals surface area contributed by atoms with Crippen LogP contribution in [0.5, 0.6) is 0 Å². The fourth-order valence-electron chi connectivity index (χ4n) is 2.66. The summed E-state index contributed by atoms with van der Waals surface area (Å²) < 4.78 is 13.1. The zero-order valence-electron chi connectivity index (χ0n) is 11.4. The number of anilines is 1. The number of amides is 1. The fraction of sp³-hybridized carbons (Fsp3) is 0.250. The minimum Gasteiger partial charge on any atom is -0.364 e. The number of hydrogen-bond donors (Lipinski definition) is 2. The molecule has 0 saturated heterocycles. The highest BCUT2D eigenvalue weighted by Gasteiger charge is 2.18. The number of carbonyl (C=O) groups is 1. The number of aryl methyl sites for hydroxylation is 1. The molecule has 0 atom stereocenters. The number of rotatable bonds is 3. The fourth-order valence-corrected chi connectivity index (χ4v) is 2.66. The molecule has 0 bridgehead atoms. The molecule has 0 radical (unpaired) electrons. The molecule has 0 unspecified atom stereocenters. The van der Waals surface area contributed by atoms with Crippen LogP contribution < -0.4 is 10.7 Å². The molecular weight excluding hydrogens is 271 g/mol. The first kappa shape index (κ1) is 13.5. The van der Waals surface area contributed by atoms with E-state index in [1.54, 1.807) is 12.3 Å². The van der Waals surface area contributed by atoms with Crippen LogP contribution in [0.3, 0.4) is 0 Å². The first-order chi connectivity index (χ1) is 10.1. The summed E-state index contributed by atoms with van der Waals surface area (Å²) in [6.45, 7) is 0. The lowest BCUT2D eigenvalue weighted by atomic mass is 10.1. The molecule has 0 spiro atoms. The van der Waals surface area contributed by atoms with Gasteiger partial charge in [0.1, 0.15) is 5.82 Å². The van der Waals surface area contributed by atoms with Crippen molar-refractivity contribution in [1.29, 1.82) is 0 Å². The molecule has 0 aliphatic heterocycles. The van der Waals surface area contributed by atoms with E-state index in [0.29, 0.717) is 11.3 Å². The largest absolute Gasteiger partial charge is 0.364 e. The first-order valence-electron chi connectivity index (χ1n) is 6.91. The van der Waals surface area contributed by atoms with Crippen molar-refractivity contribution in [3.05, 3.63) is 63.3 Å². The number of nitrogens with one attached hydrogen (secondary N) is 2. The van der Waals surface area contributed by atoms with Gasteiger partial charge < -0.3 is 10.3 Å². The van der Waals surface area contributed by atoms with Gasteiger partial charge in [-0.3, -0.25) is 9.59 Å². The molecule has 108 valence electrons. The highest BCUT2D eigenvalue weighted by molar-refractivity contribution is 5.92. The van der Waals surface area contributed by atoms with Gasteiger partial charge in [-0.15, -0.1) is 0 Å². The predicted molar refractivity (Wildman–Crippen MR) is 77.8 cm³/mol. The van der Waals surface area contributed by atoms with Crippen molar-refractivity contribution in [3.8, 4) is 0 Å².